The van der Waals surface area contributed by atoms with Gasteiger partial charge in [-0.3, -0.25) is 0 Å². The summed E-state index contributed by atoms with van der Waals surface area (Å²) in [5, 5.41) is 0. The Morgan fingerprint density at radius 1 is 0.565 bits per heavy atom. The van der Waals surface area contributed by atoms with Crippen molar-refractivity contribution in [1.29, 1.82) is 0 Å². The van der Waals surface area contributed by atoms with Crippen LogP contribution in [-0.4, -0.2) is 14.4 Å². The van der Waals surface area contributed by atoms with Gasteiger partial charge in [-0.05, 0) is 48.5 Å². The summed E-state index contributed by atoms with van der Waals surface area (Å²) >= 11 is 4.01. The van der Waals surface area contributed by atoms with Crippen LogP contribution in [0.25, 0.3) is 0 Å². The normalized spacial score (nSPS) is 12.3. The minimum absolute atomic E-state index is 0.899. The largest absolute Gasteiger partial charge is 0.457 e. The van der Waals surface area contributed by atoms with Crippen molar-refractivity contribution in [1.82, 2.24) is 0 Å². The highest BCUT2D eigenvalue weighted by Gasteiger charge is 2.15. The molecule has 0 aliphatic rings. The first kappa shape index (κ1) is 18.7. The highest BCUT2D eigenvalue weighted by atomic mass is 32.4. The molecule has 23 heavy (non-hydrogen) atoms. The van der Waals surface area contributed by atoms with Gasteiger partial charge in [0, 0.05) is 9.79 Å². The fourth-order valence-electron chi connectivity index (χ4n) is 1.99. The number of hydrogen-bond donors (Lipinski definition) is 0. The minimum Gasteiger partial charge on any atom is -0.457 e. The molecule has 124 valence electrons. The fourth-order valence-corrected chi connectivity index (χ4v) is 9.01. The van der Waals surface area contributed by atoms with E-state index in [1.807, 2.05) is 22.4 Å². The van der Waals surface area contributed by atoms with Crippen LogP contribution in [0.4, 0.5) is 0 Å². The average molecular weight is 379 g/mol. The third kappa shape index (κ3) is 7.20. The maximum atomic E-state index is 5.95. The molecule has 0 aliphatic carbocycles. The van der Waals surface area contributed by atoms with Crippen molar-refractivity contribution in [2.24, 2.45) is 0 Å². The van der Waals surface area contributed by atoms with Crippen LogP contribution in [0.2, 0.25) is 39.3 Å². The van der Waals surface area contributed by atoms with Crippen molar-refractivity contribution in [2.75, 3.05) is 0 Å². The molecule has 0 amide bonds. The molecule has 5 heteroatoms. The molecular weight excluding hydrogens is 353 g/mol. The molecule has 2 rings (SSSR count). The first-order chi connectivity index (χ1) is 10.6. The molecule has 0 spiro atoms. The SMILES string of the molecule is C[Si](C)(C)Sc1ccc(Oc2ccc(S[Si](C)(C)C)cc2)cc1. The quantitative estimate of drug-likeness (QED) is 0.487. The summed E-state index contributed by atoms with van der Waals surface area (Å²) in [5.74, 6) is 1.80. The average Bonchev–Trinajstić information content (AvgIpc) is 2.40. The van der Waals surface area contributed by atoms with Gasteiger partial charge in [0.2, 0.25) is 0 Å². The Kier molecular flexibility index (Phi) is 6.11. The summed E-state index contributed by atoms with van der Waals surface area (Å²) in [6, 6.07) is 16.9. The molecule has 0 atom stereocenters. The molecule has 0 aliphatic heterocycles. The molecule has 0 aromatic heterocycles. The molecule has 2 aromatic rings. The maximum absolute atomic E-state index is 5.95. The molecule has 0 saturated carbocycles. The molecule has 0 N–H and O–H groups in total. The molecule has 0 fully saturated rings. The van der Waals surface area contributed by atoms with Crippen molar-refractivity contribution in [2.45, 2.75) is 49.1 Å². The van der Waals surface area contributed by atoms with Gasteiger partial charge in [0.1, 0.15) is 25.9 Å². The zero-order chi connectivity index (χ0) is 17.1. The molecule has 0 saturated heterocycles. The predicted octanol–water partition coefficient (Wildman–Crippen LogP) is 7.33. The Morgan fingerprint density at radius 3 is 1.13 bits per heavy atom. The van der Waals surface area contributed by atoms with E-state index in [2.05, 4.69) is 87.8 Å². The lowest BCUT2D eigenvalue weighted by atomic mass is 10.3. The van der Waals surface area contributed by atoms with Crippen LogP contribution in [0.1, 0.15) is 0 Å². The van der Waals surface area contributed by atoms with E-state index in [0.29, 0.717) is 0 Å². The van der Waals surface area contributed by atoms with Gasteiger partial charge in [-0.25, -0.2) is 0 Å². The lowest BCUT2D eigenvalue weighted by Crippen LogP contribution is -2.13. The van der Waals surface area contributed by atoms with Gasteiger partial charge in [0.25, 0.3) is 0 Å². The fraction of sp³-hybridized carbons (Fsp3) is 0.333. The molecule has 0 unspecified atom stereocenters. The van der Waals surface area contributed by atoms with Crippen LogP contribution in [-0.2, 0) is 0 Å². The van der Waals surface area contributed by atoms with E-state index < -0.39 is 14.4 Å². The third-order valence-electron chi connectivity index (χ3n) is 2.73. The second kappa shape index (κ2) is 7.51. The standard InChI is InChI=1S/C18H26OS2Si2/c1-22(2,3)20-17-11-7-15(8-12-17)19-16-9-13-18(14-10-16)21-23(4,5)6/h7-14H,1-6H3. The third-order valence-corrected chi connectivity index (χ3v) is 10.1. The van der Waals surface area contributed by atoms with Crippen LogP contribution in [0.15, 0.2) is 58.3 Å². The van der Waals surface area contributed by atoms with E-state index in [4.69, 9.17) is 4.74 Å². The molecular formula is C18H26OS2Si2. The Morgan fingerprint density at radius 2 is 0.870 bits per heavy atom. The maximum Gasteiger partial charge on any atom is 0.127 e. The van der Waals surface area contributed by atoms with Gasteiger partial charge >= 0.3 is 0 Å². The Labute approximate surface area is 150 Å². The number of ether oxygens (including phenoxy) is 1. The van der Waals surface area contributed by atoms with Crippen molar-refractivity contribution in [3.63, 3.8) is 0 Å². The van der Waals surface area contributed by atoms with Crippen molar-refractivity contribution in [3.8, 4) is 11.5 Å². The van der Waals surface area contributed by atoms with Gasteiger partial charge < -0.3 is 4.74 Å². The summed E-state index contributed by atoms with van der Waals surface area (Å²) in [6.45, 7) is 14.2. The summed E-state index contributed by atoms with van der Waals surface area (Å²) < 4.78 is 5.95. The summed E-state index contributed by atoms with van der Waals surface area (Å²) in [5.41, 5.74) is 0. The van der Waals surface area contributed by atoms with Gasteiger partial charge in [-0.15, -0.1) is 0 Å². The molecule has 1 nitrogen and oxygen atoms in total. The highest BCUT2D eigenvalue weighted by Crippen LogP contribution is 2.33. The van der Waals surface area contributed by atoms with Crippen molar-refractivity contribution in [3.05, 3.63) is 48.5 Å². The Balaban J connectivity index is 1.99. The molecule has 2 aromatic carbocycles. The number of rotatable bonds is 6. The van der Waals surface area contributed by atoms with E-state index in [9.17, 15) is 0 Å². The van der Waals surface area contributed by atoms with Crippen LogP contribution in [0.5, 0.6) is 11.5 Å². The van der Waals surface area contributed by atoms with Gasteiger partial charge in [-0.1, -0.05) is 39.3 Å². The first-order valence-electron chi connectivity index (χ1n) is 7.87. The number of benzene rings is 2. The van der Waals surface area contributed by atoms with E-state index in [1.165, 1.54) is 9.79 Å². The van der Waals surface area contributed by atoms with E-state index >= 15 is 0 Å². The molecule has 0 radical (unpaired) electrons. The first-order valence-corrected chi connectivity index (χ1v) is 17.9. The molecule has 0 heterocycles. The van der Waals surface area contributed by atoms with E-state index in [-0.39, 0.29) is 0 Å². The van der Waals surface area contributed by atoms with E-state index in [1.54, 1.807) is 0 Å². The van der Waals surface area contributed by atoms with Crippen LogP contribution < -0.4 is 4.74 Å². The summed E-state index contributed by atoms with van der Waals surface area (Å²) in [6.07, 6.45) is 0. The highest BCUT2D eigenvalue weighted by molar-refractivity contribution is 8.29. The summed E-state index contributed by atoms with van der Waals surface area (Å²) in [7, 11) is -2.28. The van der Waals surface area contributed by atoms with Crippen LogP contribution >= 0.6 is 22.4 Å². The summed E-state index contributed by atoms with van der Waals surface area (Å²) in [4.78, 5) is 2.66. The lowest BCUT2D eigenvalue weighted by Gasteiger charge is -2.16. The monoisotopic (exact) mass is 378 g/mol. The van der Waals surface area contributed by atoms with Gasteiger partial charge in [0.05, 0.1) is 0 Å². The topological polar surface area (TPSA) is 9.23 Å². The second-order valence-corrected chi connectivity index (χ2v) is 25.8. The second-order valence-electron chi connectivity index (χ2n) is 7.47. The van der Waals surface area contributed by atoms with Crippen molar-refractivity contribution >= 4 is 36.9 Å². The Bertz CT molecular complexity index is 569. The number of hydrogen-bond acceptors (Lipinski definition) is 3. The van der Waals surface area contributed by atoms with Crippen LogP contribution in [0, 0.1) is 0 Å². The zero-order valence-electron chi connectivity index (χ0n) is 14.8. The van der Waals surface area contributed by atoms with Crippen molar-refractivity contribution < 1.29 is 4.74 Å². The molecule has 0 bridgehead atoms. The lowest BCUT2D eigenvalue weighted by molar-refractivity contribution is 0.482. The van der Waals surface area contributed by atoms with Crippen LogP contribution in [0.3, 0.4) is 0 Å². The minimum atomic E-state index is -1.14. The van der Waals surface area contributed by atoms with E-state index in [0.717, 1.165) is 11.5 Å². The Hall–Kier alpha value is -0.626. The zero-order valence-corrected chi connectivity index (χ0v) is 18.5. The van der Waals surface area contributed by atoms with Gasteiger partial charge in [0.15, 0.2) is 0 Å². The van der Waals surface area contributed by atoms with Gasteiger partial charge in [-0.2, -0.15) is 22.4 Å². The smallest absolute Gasteiger partial charge is 0.127 e. The predicted molar refractivity (Wildman–Crippen MR) is 111 cm³/mol.